The molecule has 0 radical (unpaired) electrons. The topological polar surface area (TPSA) is 0 Å². The summed E-state index contributed by atoms with van der Waals surface area (Å²) < 4.78 is 3.59. The van der Waals surface area contributed by atoms with Gasteiger partial charge in [0.05, 0.1) is 0 Å². The number of rotatable bonds is 2. The summed E-state index contributed by atoms with van der Waals surface area (Å²) >= 11 is -2.52. The molecule has 0 amide bonds. The molecule has 0 unspecified atom stereocenters. The SMILES string of the molecule is C[Si](C)=[Ti]([CH3])([CH3])([C]1=CC=CC1)[C]1=CC=CC1. The van der Waals surface area contributed by atoms with Crippen LogP contribution in [0.3, 0.4) is 0 Å². The van der Waals surface area contributed by atoms with Crippen molar-refractivity contribution in [1.82, 2.24) is 0 Å². The molecule has 0 spiro atoms. The summed E-state index contributed by atoms with van der Waals surface area (Å²) in [6.07, 6.45) is 16.2. The Labute approximate surface area is 101 Å². The Morgan fingerprint density at radius 3 is 1.62 bits per heavy atom. The van der Waals surface area contributed by atoms with Gasteiger partial charge in [0.1, 0.15) is 0 Å². The van der Waals surface area contributed by atoms with Crippen molar-refractivity contribution in [2.75, 3.05) is 0 Å². The zero-order valence-corrected chi connectivity index (χ0v) is 13.4. The van der Waals surface area contributed by atoms with Gasteiger partial charge in [0.25, 0.3) is 0 Å². The first-order valence-corrected chi connectivity index (χ1v) is 15.7. The molecule has 16 heavy (non-hydrogen) atoms. The Balaban J connectivity index is 2.65. The maximum atomic E-state index is 2.66. The molecule has 0 aromatic rings. The van der Waals surface area contributed by atoms with Crippen molar-refractivity contribution < 1.29 is 14.0 Å². The third-order valence-corrected chi connectivity index (χ3v) is 31.8. The molecule has 0 aliphatic heterocycles. The van der Waals surface area contributed by atoms with E-state index >= 15 is 0 Å². The second-order valence-corrected chi connectivity index (χ2v) is 28.3. The van der Waals surface area contributed by atoms with Crippen LogP contribution >= 0.6 is 0 Å². The molecule has 0 nitrogen and oxygen atoms in total. The Kier molecular flexibility index (Phi) is 3.07. The Morgan fingerprint density at radius 1 is 0.938 bits per heavy atom. The van der Waals surface area contributed by atoms with Crippen molar-refractivity contribution in [3.63, 3.8) is 0 Å². The van der Waals surface area contributed by atoms with Crippen LogP contribution in [0.1, 0.15) is 12.8 Å². The van der Waals surface area contributed by atoms with Crippen LogP contribution in [0.5, 0.6) is 0 Å². The van der Waals surface area contributed by atoms with Gasteiger partial charge in [-0.25, -0.2) is 0 Å². The average molecular weight is 266 g/mol. The van der Waals surface area contributed by atoms with Gasteiger partial charge >= 0.3 is 101 Å². The Morgan fingerprint density at radius 2 is 1.38 bits per heavy atom. The normalized spacial score (nSPS) is 20.1. The van der Waals surface area contributed by atoms with Crippen molar-refractivity contribution in [2.45, 2.75) is 36.4 Å². The van der Waals surface area contributed by atoms with Gasteiger partial charge in [-0.05, 0) is 0 Å². The van der Waals surface area contributed by atoms with Crippen LogP contribution in [0.4, 0.5) is 0 Å². The second kappa shape index (κ2) is 3.97. The first kappa shape index (κ1) is 12.4. The molecule has 0 atom stereocenters. The molecule has 2 aliphatic carbocycles. The minimum absolute atomic E-state index is 0.261. The third kappa shape index (κ3) is 1.61. The maximum absolute atomic E-state index is 2.66. The van der Waals surface area contributed by atoms with Gasteiger partial charge < -0.3 is 0 Å². The van der Waals surface area contributed by atoms with Crippen LogP contribution < -0.4 is 0 Å². The van der Waals surface area contributed by atoms with E-state index in [0.717, 1.165) is 0 Å². The third-order valence-electron chi connectivity index (χ3n) is 4.97. The summed E-state index contributed by atoms with van der Waals surface area (Å²) in [5, 5.41) is 5.31. The first-order valence-electron chi connectivity index (χ1n) is 6.18. The van der Waals surface area contributed by atoms with Gasteiger partial charge in [0.15, 0.2) is 0 Å². The molecule has 2 aliphatic rings. The molecule has 0 bridgehead atoms. The zero-order chi connectivity index (χ0) is 11.8. The van der Waals surface area contributed by atoms with Crippen molar-refractivity contribution in [2.24, 2.45) is 0 Å². The van der Waals surface area contributed by atoms with Crippen LogP contribution in [0.15, 0.2) is 44.2 Å². The molecular weight excluding hydrogens is 244 g/mol. The molecule has 0 N–H and O–H groups in total. The zero-order valence-electron chi connectivity index (χ0n) is 10.9. The van der Waals surface area contributed by atoms with Crippen LogP contribution in [0.2, 0.25) is 23.6 Å². The Bertz CT molecular complexity index is 467. The van der Waals surface area contributed by atoms with E-state index in [1.165, 1.54) is 12.8 Å². The van der Waals surface area contributed by atoms with Crippen molar-refractivity contribution in [1.29, 1.82) is 0 Å². The monoisotopic (exact) mass is 266 g/mol. The molecular formula is C14H22SiTi. The summed E-state index contributed by atoms with van der Waals surface area (Å²) in [6.45, 7) is 5.06. The molecule has 0 saturated carbocycles. The van der Waals surface area contributed by atoms with E-state index in [4.69, 9.17) is 0 Å². The van der Waals surface area contributed by atoms with Crippen molar-refractivity contribution in [3.8, 4) is 0 Å². The van der Waals surface area contributed by atoms with E-state index in [9.17, 15) is 0 Å². The van der Waals surface area contributed by atoms with Crippen molar-refractivity contribution >= 4 is 6.19 Å². The molecule has 0 saturated heterocycles. The standard InChI is InChI=1S/2C5H5.C2H6Si.2CH3.Ti/c2*1-2-4-5-3-1;1-3-2;;;/h2*1-3H,4H2;1-2H3;2*1H3;. The van der Waals surface area contributed by atoms with Crippen LogP contribution in [-0.4, -0.2) is 6.19 Å². The van der Waals surface area contributed by atoms with Gasteiger partial charge in [-0.1, -0.05) is 0 Å². The summed E-state index contributed by atoms with van der Waals surface area (Å²) in [7, 11) is 0. The fourth-order valence-electron chi connectivity index (χ4n) is 2.86. The predicted molar refractivity (Wildman–Crippen MR) is 72.9 cm³/mol. The van der Waals surface area contributed by atoms with Crippen LogP contribution in [-0.2, 0) is 14.0 Å². The van der Waals surface area contributed by atoms with E-state index in [0.29, 0.717) is 0 Å². The van der Waals surface area contributed by atoms with E-state index in [2.05, 4.69) is 60.0 Å². The number of allylic oxidation sites excluding steroid dienone is 8. The summed E-state index contributed by atoms with van der Waals surface area (Å²) in [4.78, 5) is 0. The van der Waals surface area contributed by atoms with E-state index in [1.54, 1.807) is 7.76 Å². The van der Waals surface area contributed by atoms with Gasteiger partial charge in [-0.15, -0.1) is 0 Å². The van der Waals surface area contributed by atoms with E-state index < -0.39 is 14.0 Å². The number of hydrogen-bond acceptors (Lipinski definition) is 0. The summed E-state index contributed by atoms with van der Waals surface area (Å²) in [5.74, 6) is 0. The fraction of sp³-hybridized carbons (Fsp3) is 0.429. The first-order chi connectivity index (χ1) is 7.46. The van der Waals surface area contributed by atoms with E-state index in [1.807, 2.05) is 0 Å². The second-order valence-electron chi connectivity index (χ2n) is 6.02. The Hall–Kier alpha value is -0.109. The quantitative estimate of drug-likeness (QED) is 0.635. The molecule has 0 fully saturated rings. The van der Waals surface area contributed by atoms with Crippen LogP contribution in [0.25, 0.3) is 0 Å². The average Bonchev–Trinajstić information content (AvgIpc) is 2.92. The minimum atomic E-state index is -2.52. The summed E-state index contributed by atoms with van der Waals surface area (Å²) in [6, 6.07) is 0. The fourth-order valence-corrected chi connectivity index (χ4v) is 16.5. The predicted octanol–water partition coefficient (Wildman–Crippen LogP) is 4.71. The van der Waals surface area contributed by atoms with Gasteiger partial charge in [0, 0.05) is 0 Å². The molecule has 0 heterocycles. The van der Waals surface area contributed by atoms with Crippen molar-refractivity contribution in [3.05, 3.63) is 44.2 Å². The molecule has 0 aromatic carbocycles. The van der Waals surface area contributed by atoms with E-state index in [-0.39, 0.29) is 6.19 Å². The van der Waals surface area contributed by atoms with Crippen LogP contribution in [0, 0.1) is 0 Å². The molecule has 2 heteroatoms. The van der Waals surface area contributed by atoms with Gasteiger partial charge in [-0.3, -0.25) is 0 Å². The summed E-state index contributed by atoms with van der Waals surface area (Å²) in [5.41, 5.74) is 0. The molecule has 86 valence electrons. The van der Waals surface area contributed by atoms with Gasteiger partial charge in [-0.2, -0.15) is 0 Å². The molecule has 0 aromatic heterocycles. The number of hydrogen-bond donors (Lipinski definition) is 0. The molecule has 2 rings (SSSR count). The van der Waals surface area contributed by atoms with Gasteiger partial charge in [0.2, 0.25) is 0 Å².